The van der Waals surface area contributed by atoms with Gasteiger partial charge in [-0.1, -0.05) is 11.8 Å². The molecule has 18 heavy (non-hydrogen) atoms. The summed E-state index contributed by atoms with van der Waals surface area (Å²) in [5.41, 5.74) is 1.78. The number of carboxylic acid groups (broad SMARTS) is 1. The standard InChI is InChI=1S/C11H12N4O2S/c1-8-5-12-11(18-7-10(16)17)15(8)6-9-3-2-4-13-14-9/h2-5H,6-7H2,1H3,(H,16,17). The second kappa shape index (κ2) is 5.63. The highest BCUT2D eigenvalue weighted by Crippen LogP contribution is 2.19. The lowest BCUT2D eigenvalue weighted by atomic mass is 10.4. The molecule has 0 amide bonds. The molecule has 0 aliphatic heterocycles. The van der Waals surface area contributed by atoms with Crippen LogP contribution >= 0.6 is 11.8 Å². The third kappa shape index (κ3) is 3.07. The van der Waals surface area contributed by atoms with Gasteiger partial charge in [-0.3, -0.25) is 4.79 Å². The Morgan fingerprint density at radius 2 is 2.39 bits per heavy atom. The molecule has 0 atom stereocenters. The van der Waals surface area contributed by atoms with Gasteiger partial charge in [0, 0.05) is 18.1 Å². The van der Waals surface area contributed by atoms with Gasteiger partial charge in [-0.15, -0.1) is 0 Å². The molecule has 0 spiro atoms. The Hall–Kier alpha value is -1.89. The molecule has 94 valence electrons. The number of nitrogens with zero attached hydrogens (tertiary/aromatic N) is 4. The smallest absolute Gasteiger partial charge is 0.313 e. The number of carbonyl (C=O) groups is 1. The van der Waals surface area contributed by atoms with Gasteiger partial charge in [0.2, 0.25) is 0 Å². The topological polar surface area (TPSA) is 80.9 Å². The third-order valence-electron chi connectivity index (χ3n) is 2.29. The van der Waals surface area contributed by atoms with E-state index < -0.39 is 5.97 Å². The van der Waals surface area contributed by atoms with Crippen LogP contribution in [-0.2, 0) is 11.3 Å². The first-order valence-electron chi connectivity index (χ1n) is 5.30. The molecular weight excluding hydrogens is 252 g/mol. The molecule has 0 aliphatic rings. The van der Waals surface area contributed by atoms with Crippen LogP contribution in [-0.4, -0.2) is 36.6 Å². The van der Waals surface area contributed by atoms with Crippen molar-refractivity contribution >= 4 is 17.7 Å². The molecule has 0 saturated carbocycles. The van der Waals surface area contributed by atoms with Crippen molar-refractivity contribution in [2.75, 3.05) is 5.75 Å². The summed E-state index contributed by atoms with van der Waals surface area (Å²) in [4.78, 5) is 14.8. The van der Waals surface area contributed by atoms with Crippen LogP contribution in [0.25, 0.3) is 0 Å². The van der Waals surface area contributed by atoms with Crippen molar-refractivity contribution in [1.82, 2.24) is 19.7 Å². The van der Waals surface area contributed by atoms with Crippen molar-refractivity contribution in [3.05, 3.63) is 35.9 Å². The maximum atomic E-state index is 10.6. The van der Waals surface area contributed by atoms with E-state index >= 15 is 0 Å². The summed E-state index contributed by atoms with van der Waals surface area (Å²) in [7, 11) is 0. The van der Waals surface area contributed by atoms with Crippen LogP contribution in [0, 0.1) is 6.92 Å². The molecule has 2 aromatic rings. The molecule has 0 radical (unpaired) electrons. The van der Waals surface area contributed by atoms with Crippen molar-refractivity contribution in [3.63, 3.8) is 0 Å². The maximum Gasteiger partial charge on any atom is 0.313 e. The average molecular weight is 264 g/mol. The van der Waals surface area contributed by atoms with Crippen molar-refractivity contribution < 1.29 is 9.90 Å². The van der Waals surface area contributed by atoms with Gasteiger partial charge in [0.25, 0.3) is 0 Å². The van der Waals surface area contributed by atoms with Crippen molar-refractivity contribution in [3.8, 4) is 0 Å². The minimum atomic E-state index is -0.855. The van der Waals surface area contributed by atoms with E-state index in [2.05, 4.69) is 15.2 Å². The second-order valence-electron chi connectivity index (χ2n) is 3.67. The van der Waals surface area contributed by atoms with Gasteiger partial charge in [0.1, 0.15) is 0 Å². The van der Waals surface area contributed by atoms with E-state index in [1.54, 1.807) is 12.4 Å². The number of hydrogen-bond donors (Lipinski definition) is 1. The van der Waals surface area contributed by atoms with E-state index in [1.807, 2.05) is 23.6 Å². The lowest BCUT2D eigenvalue weighted by Crippen LogP contribution is -2.07. The zero-order valence-electron chi connectivity index (χ0n) is 9.78. The van der Waals surface area contributed by atoms with E-state index in [-0.39, 0.29) is 5.75 Å². The van der Waals surface area contributed by atoms with Crippen LogP contribution in [0.2, 0.25) is 0 Å². The number of rotatable bonds is 5. The molecule has 2 aromatic heterocycles. The molecule has 0 aromatic carbocycles. The molecule has 0 saturated heterocycles. The largest absolute Gasteiger partial charge is 0.481 e. The van der Waals surface area contributed by atoms with Crippen LogP contribution in [0.4, 0.5) is 0 Å². The fourth-order valence-electron chi connectivity index (χ4n) is 1.45. The fourth-order valence-corrected chi connectivity index (χ4v) is 2.20. The SMILES string of the molecule is Cc1cnc(SCC(=O)O)n1Cc1cccnn1. The van der Waals surface area contributed by atoms with Gasteiger partial charge in [0.15, 0.2) is 5.16 Å². The summed E-state index contributed by atoms with van der Waals surface area (Å²) >= 11 is 1.20. The third-order valence-corrected chi connectivity index (χ3v) is 3.27. The zero-order valence-corrected chi connectivity index (χ0v) is 10.6. The molecule has 7 heteroatoms. The van der Waals surface area contributed by atoms with Crippen LogP contribution in [0.5, 0.6) is 0 Å². The van der Waals surface area contributed by atoms with Crippen molar-refractivity contribution in [2.24, 2.45) is 0 Å². The average Bonchev–Trinajstić information content (AvgIpc) is 2.70. The summed E-state index contributed by atoms with van der Waals surface area (Å²) in [6.07, 6.45) is 3.34. The molecule has 2 heterocycles. The number of aryl methyl sites for hydroxylation is 1. The molecule has 0 bridgehead atoms. The molecule has 2 rings (SSSR count). The summed E-state index contributed by atoms with van der Waals surface area (Å²) < 4.78 is 1.93. The zero-order chi connectivity index (χ0) is 13.0. The van der Waals surface area contributed by atoms with Gasteiger partial charge in [-0.05, 0) is 19.1 Å². The van der Waals surface area contributed by atoms with Crippen LogP contribution in [0.3, 0.4) is 0 Å². The molecule has 1 N–H and O–H groups in total. The molecule has 0 unspecified atom stereocenters. The highest BCUT2D eigenvalue weighted by Gasteiger charge is 2.10. The van der Waals surface area contributed by atoms with E-state index in [4.69, 9.17) is 5.11 Å². The highest BCUT2D eigenvalue weighted by atomic mass is 32.2. The monoisotopic (exact) mass is 264 g/mol. The Bertz CT molecular complexity index is 541. The first kappa shape index (κ1) is 12.6. The summed E-state index contributed by atoms with van der Waals surface area (Å²) in [5, 5.41) is 17.2. The Balaban J connectivity index is 2.16. The molecular formula is C11H12N4O2S. The summed E-state index contributed by atoms with van der Waals surface area (Å²) in [6, 6.07) is 3.69. The van der Waals surface area contributed by atoms with Gasteiger partial charge in [-0.2, -0.15) is 10.2 Å². The Kier molecular flexibility index (Phi) is 3.93. The molecule has 0 aliphatic carbocycles. The Labute approximate surface area is 108 Å². The summed E-state index contributed by atoms with van der Waals surface area (Å²) in [5.74, 6) is -0.858. The van der Waals surface area contributed by atoms with E-state index in [0.717, 1.165) is 11.4 Å². The normalized spacial score (nSPS) is 10.5. The summed E-state index contributed by atoms with van der Waals surface area (Å²) in [6.45, 7) is 2.47. The van der Waals surface area contributed by atoms with E-state index in [9.17, 15) is 4.79 Å². The number of aromatic nitrogens is 4. The van der Waals surface area contributed by atoms with E-state index in [1.165, 1.54) is 11.8 Å². The van der Waals surface area contributed by atoms with E-state index in [0.29, 0.717) is 11.7 Å². The second-order valence-corrected chi connectivity index (χ2v) is 4.61. The number of hydrogen-bond acceptors (Lipinski definition) is 5. The van der Waals surface area contributed by atoms with Gasteiger partial charge < -0.3 is 9.67 Å². The maximum absolute atomic E-state index is 10.6. The minimum Gasteiger partial charge on any atom is -0.481 e. The minimum absolute atomic E-state index is 0.00305. The number of imidazole rings is 1. The van der Waals surface area contributed by atoms with Gasteiger partial charge in [-0.25, -0.2) is 4.98 Å². The lowest BCUT2D eigenvalue weighted by molar-refractivity contribution is -0.133. The predicted molar refractivity (Wildman–Crippen MR) is 66.5 cm³/mol. The lowest BCUT2D eigenvalue weighted by Gasteiger charge is -2.07. The first-order valence-corrected chi connectivity index (χ1v) is 6.28. The quantitative estimate of drug-likeness (QED) is 0.817. The first-order chi connectivity index (χ1) is 8.66. The Morgan fingerprint density at radius 3 is 3.06 bits per heavy atom. The highest BCUT2D eigenvalue weighted by molar-refractivity contribution is 7.99. The molecule has 0 fully saturated rings. The number of carboxylic acids is 1. The van der Waals surface area contributed by atoms with Crippen molar-refractivity contribution in [1.29, 1.82) is 0 Å². The number of thioether (sulfide) groups is 1. The predicted octanol–water partition coefficient (Wildman–Crippen LogP) is 1.21. The molecule has 6 nitrogen and oxygen atoms in total. The Morgan fingerprint density at radius 1 is 1.56 bits per heavy atom. The van der Waals surface area contributed by atoms with Gasteiger partial charge in [0.05, 0.1) is 18.0 Å². The van der Waals surface area contributed by atoms with Crippen molar-refractivity contribution in [2.45, 2.75) is 18.6 Å². The van der Waals surface area contributed by atoms with Crippen LogP contribution in [0.15, 0.2) is 29.7 Å². The van der Waals surface area contributed by atoms with Gasteiger partial charge >= 0.3 is 5.97 Å². The van der Waals surface area contributed by atoms with Crippen LogP contribution < -0.4 is 0 Å². The fraction of sp³-hybridized carbons (Fsp3) is 0.273. The van der Waals surface area contributed by atoms with Crippen LogP contribution in [0.1, 0.15) is 11.4 Å². The number of aliphatic carboxylic acids is 1.